The number of anilines is 1. The van der Waals surface area contributed by atoms with Gasteiger partial charge in [0.1, 0.15) is 5.41 Å². The van der Waals surface area contributed by atoms with Crippen molar-refractivity contribution < 1.29 is 14.3 Å². The fourth-order valence-corrected chi connectivity index (χ4v) is 8.14. The number of carbonyl (C=O) groups excluding carboxylic acids is 2. The van der Waals surface area contributed by atoms with Crippen LogP contribution in [0.3, 0.4) is 0 Å². The highest BCUT2D eigenvalue weighted by Gasteiger charge is 2.64. The van der Waals surface area contributed by atoms with Crippen LogP contribution in [0.2, 0.25) is 0 Å². The smallest absolute Gasteiger partial charge is 0.236 e. The van der Waals surface area contributed by atoms with E-state index in [2.05, 4.69) is 71.3 Å². The first kappa shape index (κ1) is 34.2. The van der Waals surface area contributed by atoms with Crippen LogP contribution in [0.25, 0.3) is 22.2 Å². The number of pyridine rings is 1. The first-order valence-electron chi connectivity index (χ1n) is 18.6. The number of piperidine rings is 1. The van der Waals surface area contributed by atoms with Gasteiger partial charge in [-0.1, -0.05) is 49.4 Å². The molecule has 5 N–H and O–H groups in total. The minimum absolute atomic E-state index is 0.213. The number of rotatable bonds is 13. The molecular weight excluding hydrogens is 626 g/mol. The van der Waals surface area contributed by atoms with Gasteiger partial charge in [0.05, 0.1) is 17.3 Å². The molecule has 50 heavy (non-hydrogen) atoms. The van der Waals surface area contributed by atoms with Crippen LogP contribution in [-0.4, -0.2) is 58.9 Å². The number of nitrogens with zero attached hydrogens (tertiary/aromatic N) is 3. The van der Waals surface area contributed by atoms with Crippen molar-refractivity contribution in [3.8, 4) is 11.1 Å². The van der Waals surface area contributed by atoms with Crippen LogP contribution < -0.4 is 21.7 Å². The summed E-state index contributed by atoms with van der Waals surface area (Å²) in [5.74, 6) is -0.354. The molecule has 0 spiro atoms. The van der Waals surface area contributed by atoms with E-state index < -0.39 is 11.3 Å². The standard InChI is InChI=1S/C40H51N7O3/c1-3-35-33(36(45-32-13-17-50-18-14-32)34-25-44-47(4-2)37(34)46-35)22-31-23-40(31,38(41)48)39(49)43-24-28-8-6-10-30(21-28)29-9-5-7-27(20-29)19-26-11-15-42-16-12-26/h5-10,20-21,25-26,31-32,42H,3-4,11-19,22-24H2,1-2H3,(H2,41,48)(H,43,49)(H,45,46). The highest BCUT2D eigenvalue weighted by atomic mass is 16.5. The maximum Gasteiger partial charge on any atom is 0.236 e. The SMILES string of the molecule is CCc1nc2c(cnn2CC)c(NC2CCOCC2)c1CC1CC1(C(N)=O)C(=O)NCc1cccc(-c2cccc(CC3CCNCC3)c2)c1. The molecule has 10 nitrogen and oxygen atoms in total. The number of nitrogens with one attached hydrogen (secondary N) is 3. The minimum atomic E-state index is -1.25. The van der Waals surface area contributed by atoms with Gasteiger partial charge in [-0.2, -0.15) is 5.10 Å². The van der Waals surface area contributed by atoms with E-state index in [0.717, 1.165) is 104 Å². The van der Waals surface area contributed by atoms with E-state index in [1.807, 2.05) is 23.0 Å². The molecule has 0 radical (unpaired) electrons. The molecule has 2 unspecified atom stereocenters. The highest BCUT2D eigenvalue weighted by molar-refractivity contribution is 6.08. The third kappa shape index (κ3) is 7.01. The van der Waals surface area contributed by atoms with Crippen LogP contribution >= 0.6 is 0 Å². The molecule has 10 heteroatoms. The summed E-state index contributed by atoms with van der Waals surface area (Å²) in [7, 11) is 0. The zero-order valence-electron chi connectivity index (χ0n) is 29.5. The summed E-state index contributed by atoms with van der Waals surface area (Å²) >= 11 is 0. The number of ether oxygens (including phenoxy) is 1. The maximum atomic E-state index is 13.9. The molecule has 4 heterocycles. The van der Waals surface area contributed by atoms with E-state index in [4.69, 9.17) is 15.5 Å². The summed E-state index contributed by atoms with van der Waals surface area (Å²) in [4.78, 5) is 32.0. The van der Waals surface area contributed by atoms with Crippen molar-refractivity contribution in [1.82, 2.24) is 25.4 Å². The van der Waals surface area contributed by atoms with Crippen molar-refractivity contribution in [2.45, 2.75) is 84.3 Å². The second-order valence-electron chi connectivity index (χ2n) is 14.4. The van der Waals surface area contributed by atoms with Gasteiger partial charge in [-0.15, -0.1) is 0 Å². The Hall–Kier alpha value is -4.28. The van der Waals surface area contributed by atoms with E-state index in [1.165, 1.54) is 24.0 Å². The predicted molar refractivity (Wildman–Crippen MR) is 197 cm³/mol. The Morgan fingerprint density at radius 3 is 2.42 bits per heavy atom. The predicted octanol–water partition coefficient (Wildman–Crippen LogP) is 5.16. The average Bonchev–Trinajstić information content (AvgIpc) is 3.74. The number of primary amides is 1. The number of carbonyl (C=O) groups is 2. The van der Waals surface area contributed by atoms with Gasteiger partial charge >= 0.3 is 0 Å². The van der Waals surface area contributed by atoms with Crippen molar-refractivity contribution >= 4 is 28.5 Å². The fourth-order valence-electron chi connectivity index (χ4n) is 8.14. The van der Waals surface area contributed by atoms with Crippen LogP contribution in [0, 0.1) is 17.3 Å². The quantitative estimate of drug-likeness (QED) is 0.144. The monoisotopic (exact) mass is 677 g/mol. The van der Waals surface area contributed by atoms with Crippen LogP contribution in [0.15, 0.2) is 54.7 Å². The van der Waals surface area contributed by atoms with Gasteiger partial charge < -0.3 is 26.4 Å². The number of aryl methyl sites for hydroxylation is 2. The molecule has 264 valence electrons. The van der Waals surface area contributed by atoms with Crippen molar-refractivity contribution in [3.05, 3.63) is 77.1 Å². The Bertz CT molecular complexity index is 1840. The normalized spacial score (nSPS) is 21.3. The van der Waals surface area contributed by atoms with Crippen molar-refractivity contribution in [1.29, 1.82) is 0 Å². The van der Waals surface area contributed by atoms with Gasteiger partial charge in [-0.3, -0.25) is 9.59 Å². The van der Waals surface area contributed by atoms with Gasteiger partial charge in [0.15, 0.2) is 5.65 Å². The van der Waals surface area contributed by atoms with Crippen molar-refractivity contribution in [2.75, 3.05) is 31.6 Å². The third-order valence-electron chi connectivity index (χ3n) is 11.2. The molecular formula is C40H51N7O3. The number of aromatic nitrogens is 3. The first-order chi connectivity index (χ1) is 24.4. The summed E-state index contributed by atoms with van der Waals surface area (Å²) in [6.07, 6.45) is 8.93. The van der Waals surface area contributed by atoms with Crippen LogP contribution in [0.1, 0.15) is 68.3 Å². The summed E-state index contributed by atoms with van der Waals surface area (Å²) in [5, 5.41) is 16.0. The van der Waals surface area contributed by atoms with Crippen molar-refractivity contribution in [3.63, 3.8) is 0 Å². The van der Waals surface area contributed by atoms with Gasteiger partial charge in [0.25, 0.3) is 0 Å². The lowest BCUT2D eigenvalue weighted by Crippen LogP contribution is -2.42. The lowest BCUT2D eigenvalue weighted by molar-refractivity contribution is -0.136. The molecule has 1 saturated carbocycles. The largest absolute Gasteiger partial charge is 0.381 e. The van der Waals surface area contributed by atoms with Gasteiger partial charge in [0, 0.05) is 38.0 Å². The Morgan fingerprint density at radius 1 is 1.00 bits per heavy atom. The van der Waals surface area contributed by atoms with Crippen molar-refractivity contribution in [2.24, 2.45) is 23.0 Å². The number of amides is 2. The van der Waals surface area contributed by atoms with E-state index in [9.17, 15) is 9.59 Å². The molecule has 1 aliphatic carbocycles. The molecule has 3 fully saturated rings. The van der Waals surface area contributed by atoms with E-state index >= 15 is 0 Å². The number of fused-ring (bicyclic) bond motifs is 1. The molecule has 2 saturated heterocycles. The van der Waals surface area contributed by atoms with E-state index in [1.54, 1.807) is 0 Å². The Morgan fingerprint density at radius 2 is 1.72 bits per heavy atom. The summed E-state index contributed by atoms with van der Waals surface area (Å²) in [6.45, 7) is 8.85. The number of benzene rings is 2. The highest BCUT2D eigenvalue weighted by Crippen LogP contribution is 2.55. The number of nitrogens with two attached hydrogens (primary N) is 1. The molecule has 2 amide bonds. The molecule has 3 aliphatic rings. The summed E-state index contributed by atoms with van der Waals surface area (Å²) < 4.78 is 7.55. The van der Waals surface area contributed by atoms with E-state index in [-0.39, 0.29) is 17.9 Å². The summed E-state index contributed by atoms with van der Waals surface area (Å²) in [6, 6.07) is 17.4. The second kappa shape index (κ2) is 14.9. The molecule has 2 atom stereocenters. The topological polar surface area (TPSA) is 136 Å². The van der Waals surface area contributed by atoms with E-state index in [0.29, 0.717) is 19.4 Å². The zero-order chi connectivity index (χ0) is 34.7. The third-order valence-corrected chi connectivity index (χ3v) is 11.2. The van der Waals surface area contributed by atoms with Gasteiger partial charge in [-0.25, -0.2) is 9.67 Å². The Balaban J connectivity index is 1.07. The lowest BCUT2D eigenvalue weighted by atomic mass is 9.90. The van der Waals surface area contributed by atoms with Gasteiger partial charge in [-0.05, 0) is 117 Å². The minimum Gasteiger partial charge on any atom is -0.381 e. The Kier molecular flexibility index (Phi) is 10.2. The number of hydrogen-bond acceptors (Lipinski definition) is 7. The van der Waals surface area contributed by atoms with Crippen LogP contribution in [-0.2, 0) is 46.7 Å². The molecule has 2 aromatic carbocycles. The first-order valence-corrected chi connectivity index (χ1v) is 18.6. The second-order valence-corrected chi connectivity index (χ2v) is 14.4. The van der Waals surface area contributed by atoms with Crippen LogP contribution in [0.4, 0.5) is 5.69 Å². The van der Waals surface area contributed by atoms with Gasteiger partial charge in [0.2, 0.25) is 11.8 Å². The molecule has 7 rings (SSSR count). The zero-order valence-corrected chi connectivity index (χ0v) is 29.5. The summed E-state index contributed by atoms with van der Waals surface area (Å²) in [5.41, 5.74) is 13.3. The molecule has 0 bridgehead atoms. The fraction of sp³-hybridized carbons (Fsp3) is 0.500. The number of hydrogen-bond donors (Lipinski definition) is 4. The Labute approximate surface area is 294 Å². The molecule has 2 aliphatic heterocycles. The maximum absolute atomic E-state index is 13.9. The molecule has 4 aromatic rings. The van der Waals surface area contributed by atoms with Crippen LogP contribution in [0.5, 0.6) is 0 Å². The molecule has 2 aromatic heterocycles. The lowest BCUT2D eigenvalue weighted by Gasteiger charge is -2.27. The average molecular weight is 678 g/mol.